The molecule has 1 atom stereocenters. The molecule has 0 fully saturated rings. The van der Waals surface area contributed by atoms with Crippen LogP contribution in [0.5, 0.6) is 5.75 Å². The number of carbonyl (C=O) groups excluding carboxylic acids is 1. The molecule has 1 N–H and O–H groups in total. The smallest absolute Gasteiger partial charge is 0.337 e. The molecule has 0 aliphatic rings. The summed E-state index contributed by atoms with van der Waals surface area (Å²) >= 11 is 0. The van der Waals surface area contributed by atoms with Crippen molar-refractivity contribution in [1.29, 1.82) is 0 Å². The molecule has 0 saturated heterocycles. The van der Waals surface area contributed by atoms with Crippen molar-refractivity contribution in [2.45, 2.75) is 13.2 Å². The first-order valence-electron chi connectivity index (χ1n) is 4.16. The standard InChI is InChI=1S/C10H12O4/c1-7(11)14-9-5-3-8(4-6-9)10(12)13-2/h3-7,11H,1-2H3. The second kappa shape index (κ2) is 4.62. The zero-order valence-electron chi connectivity index (χ0n) is 8.06. The average Bonchev–Trinajstić information content (AvgIpc) is 2.17. The van der Waals surface area contributed by atoms with Gasteiger partial charge < -0.3 is 14.6 Å². The van der Waals surface area contributed by atoms with Gasteiger partial charge in [0.25, 0.3) is 0 Å². The zero-order chi connectivity index (χ0) is 10.6. The van der Waals surface area contributed by atoms with E-state index in [4.69, 9.17) is 9.84 Å². The predicted molar refractivity (Wildman–Crippen MR) is 50.1 cm³/mol. The molecule has 0 aromatic heterocycles. The molecule has 14 heavy (non-hydrogen) atoms. The van der Waals surface area contributed by atoms with Gasteiger partial charge in [-0.2, -0.15) is 0 Å². The van der Waals surface area contributed by atoms with Crippen molar-refractivity contribution in [1.82, 2.24) is 0 Å². The van der Waals surface area contributed by atoms with Gasteiger partial charge in [0.15, 0.2) is 6.29 Å². The molecule has 0 aliphatic heterocycles. The Hall–Kier alpha value is -1.55. The monoisotopic (exact) mass is 196 g/mol. The van der Waals surface area contributed by atoms with Gasteiger partial charge in [0.1, 0.15) is 5.75 Å². The summed E-state index contributed by atoms with van der Waals surface area (Å²) in [6.07, 6.45) is -0.862. The normalized spacial score (nSPS) is 11.9. The number of aliphatic hydroxyl groups is 1. The third kappa shape index (κ3) is 2.74. The maximum Gasteiger partial charge on any atom is 0.337 e. The van der Waals surface area contributed by atoms with Crippen LogP contribution in [0.15, 0.2) is 24.3 Å². The minimum atomic E-state index is -0.862. The summed E-state index contributed by atoms with van der Waals surface area (Å²) in [6, 6.07) is 6.34. The number of aliphatic hydroxyl groups excluding tert-OH is 1. The Labute approximate surface area is 82.1 Å². The first-order valence-corrected chi connectivity index (χ1v) is 4.16. The molecule has 1 rings (SSSR count). The van der Waals surface area contributed by atoms with Crippen LogP contribution in [-0.2, 0) is 4.74 Å². The highest BCUT2D eigenvalue weighted by Gasteiger charge is 2.05. The molecule has 1 unspecified atom stereocenters. The van der Waals surface area contributed by atoms with E-state index in [1.807, 2.05) is 0 Å². The Balaban J connectivity index is 2.73. The van der Waals surface area contributed by atoms with Gasteiger partial charge in [-0.25, -0.2) is 4.79 Å². The lowest BCUT2D eigenvalue weighted by molar-refractivity contribution is -0.000293. The molecule has 0 saturated carbocycles. The Morgan fingerprint density at radius 2 is 1.93 bits per heavy atom. The second-order valence-corrected chi connectivity index (χ2v) is 2.73. The molecule has 0 radical (unpaired) electrons. The molecule has 4 heteroatoms. The Morgan fingerprint density at radius 1 is 1.36 bits per heavy atom. The number of carbonyl (C=O) groups is 1. The zero-order valence-corrected chi connectivity index (χ0v) is 8.06. The molecule has 0 aliphatic carbocycles. The topological polar surface area (TPSA) is 55.8 Å². The number of hydrogen-bond donors (Lipinski definition) is 1. The molecular weight excluding hydrogens is 184 g/mol. The van der Waals surface area contributed by atoms with Crippen LogP contribution in [-0.4, -0.2) is 24.5 Å². The number of hydrogen-bond acceptors (Lipinski definition) is 4. The fraction of sp³-hybridized carbons (Fsp3) is 0.300. The summed E-state index contributed by atoms with van der Waals surface area (Å²) in [4.78, 5) is 11.0. The van der Waals surface area contributed by atoms with Gasteiger partial charge in [-0.15, -0.1) is 0 Å². The van der Waals surface area contributed by atoms with Crippen LogP contribution < -0.4 is 4.74 Å². The molecule has 1 aromatic rings. The number of methoxy groups -OCH3 is 1. The van der Waals surface area contributed by atoms with Crippen molar-refractivity contribution >= 4 is 5.97 Å². The minimum absolute atomic E-state index is 0.395. The van der Waals surface area contributed by atoms with Crippen molar-refractivity contribution in [3.63, 3.8) is 0 Å². The Bertz CT molecular complexity index is 302. The fourth-order valence-corrected chi connectivity index (χ4v) is 0.984. The van der Waals surface area contributed by atoms with Crippen LogP contribution in [0.2, 0.25) is 0 Å². The van der Waals surface area contributed by atoms with Gasteiger partial charge in [0.2, 0.25) is 0 Å². The quantitative estimate of drug-likeness (QED) is 0.582. The Kier molecular flexibility index (Phi) is 3.48. The van der Waals surface area contributed by atoms with E-state index in [2.05, 4.69) is 4.74 Å². The van der Waals surface area contributed by atoms with E-state index in [1.54, 1.807) is 24.3 Å². The first-order chi connectivity index (χ1) is 6.63. The average molecular weight is 196 g/mol. The lowest BCUT2D eigenvalue weighted by Crippen LogP contribution is -2.09. The van der Waals surface area contributed by atoms with Crippen LogP contribution in [0.25, 0.3) is 0 Å². The van der Waals surface area contributed by atoms with Crippen LogP contribution >= 0.6 is 0 Å². The summed E-state index contributed by atoms with van der Waals surface area (Å²) in [5.74, 6) is 0.112. The summed E-state index contributed by atoms with van der Waals surface area (Å²) in [6.45, 7) is 1.51. The Morgan fingerprint density at radius 3 is 2.36 bits per heavy atom. The largest absolute Gasteiger partial charge is 0.465 e. The molecule has 4 nitrogen and oxygen atoms in total. The first kappa shape index (κ1) is 10.5. The van der Waals surface area contributed by atoms with Crippen LogP contribution in [0.1, 0.15) is 17.3 Å². The highest BCUT2D eigenvalue weighted by atomic mass is 16.6. The van der Waals surface area contributed by atoms with E-state index in [0.717, 1.165) is 0 Å². The maximum absolute atomic E-state index is 11.0. The van der Waals surface area contributed by atoms with Gasteiger partial charge in [0.05, 0.1) is 12.7 Å². The van der Waals surface area contributed by atoms with Gasteiger partial charge in [0, 0.05) is 0 Å². The van der Waals surface area contributed by atoms with Crippen molar-refractivity contribution < 1.29 is 19.4 Å². The molecule has 76 valence electrons. The molecular formula is C10H12O4. The number of rotatable bonds is 3. The van der Waals surface area contributed by atoms with Crippen molar-refractivity contribution in [2.24, 2.45) is 0 Å². The highest BCUT2D eigenvalue weighted by Crippen LogP contribution is 2.13. The van der Waals surface area contributed by atoms with Gasteiger partial charge >= 0.3 is 5.97 Å². The molecule has 0 spiro atoms. The summed E-state index contributed by atoms with van der Waals surface area (Å²) in [5, 5.41) is 8.92. The van der Waals surface area contributed by atoms with Crippen molar-refractivity contribution in [2.75, 3.05) is 7.11 Å². The maximum atomic E-state index is 11.0. The highest BCUT2D eigenvalue weighted by molar-refractivity contribution is 5.89. The molecule has 0 heterocycles. The fourth-order valence-electron chi connectivity index (χ4n) is 0.984. The third-order valence-corrected chi connectivity index (χ3v) is 1.58. The van der Waals surface area contributed by atoms with Crippen LogP contribution in [0, 0.1) is 0 Å². The van der Waals surface area contributed by atoms with Gasteiger partial charge in [-0.3, -0.25) is 0 Å². The van der Waals surface area contributed by atoms with Crippen molar-refractivity contribution in [3.8, 4) is 5.75 Å². The lowest BCUT2D eigenvalue weighted by Gasteiger charge is -2.08. The predicted octanol–water partition coefficient (Wildman–Crippen LogP) is 1.19. The van der Waals surface area contributed by atoms with Gasteiger partial charge in [-0.05, 0) is 31.2 Å². The molecule has 0 amide bonds. The van der Waals surface area contributed by atoms with Crippen molar-refractivity contribution in [3.05, 3.63) is 29.8 Å². The van der Waals surface area contributed by atoms with E-state index in [-0.39, 0.29) is 0 Å². The molecule has 1 aromatic carbocycles. The molecule has 0 bridgehead atoms. The summed E-state index contributed by atoms with van der Waals surface area (Å²) < 4.78 is 9.51. The number of benzene rings is 1. The van der Waals surface area contributed by atoms with Crippen LogP contribution in [0.4, 0.5) is 0 Å². The number of ether oxygens (including phenoxy) is 2. The van der Waals surface area contributed by atoms with E-state index in [1.165, 1.54) is 14.0 Å². The summed E-state index contributed by atoms with van der Waals surface area (Å²) in [5.41, 5.74) is 0.449. The van der Waals surface area contributed by atoms with Crippen LogP contribution in [0.3, 0.4) is 0 Å². The third-order valence-electron chi connectivity index (χ3n) is 1.58. The van der Waals surface area contributed by atoms with Gasteiger partial charge in [-0.1, -0.05) is 0 Å². The number of esters is 1. The minimum Gasteiger partial charge on any atom is -0.465 e. The SMILES string of the molecule is COC(=O)c1ccc(OC(C)O)cc1. The lowest BCUT2D eigenvalue weighted by atomic mass is 10.2. The van der Waals surface area contributed by atoms with E-state index < -0.39 is 12.3 Å². The summed E-state index contributed by atoms with van der Waals surface area (Å²) in [7, 11) is 1.32. The second-order valence-electron chi connectivity index (χ2n) is 2.73. The van der Waals surface area contributed by atoms with E-state index >= 15 is 0 Å². The van der Waals surface area contributed by atoms with E-state index in [9.17, 15) is 4.79 Å². The van der Waals surface area contributed by atoms with E-state index in [0.29, 0.717) is 11.3 Å².